The first-order chi connectivity index (χ1) is 19.7. The van der Waals surface area contributed by atoms with Gasteiger partial charge in [-0.15, -0.1) is 0 Å². The first-order valence-electron chi connectivity index (χ1n) is 13.0. The number of pyridine rings is 1. The second-order valence-electron chi connectivity index (χ2n) is 8.89. The molecule has 0 aliphatic heterocycles. The Hall–Kier alpha value is -5.17. The number of nitrogens with one attached hydrogen (secondary N) is 1. The third kappa shape index (κ3) is 6.10. The number of carbonyl (C=O) groups excluding carboxylic acids is 1. The van der Waals surface area contributed by atoms with Gasteiger partial charge in [0.25, 0.3) is 5.91 Å². The van der Waals surface area contributed by atoms with Crippen molar-refractivity contribution in [1.29, 1.82) is 0 Å². The minimum Gasteiger partial charge on any atom is -0.493 e. The van der Waals surface area contributed by atoms with E-state index in [1.807, 2.05) is 97.9 Å². The molecule has 0 saturated carbocycles. The number of hydrazone groups is 1. The second kappa shape index (κ2) is 12.6. The number of nitrogens with zero attached hydrogens (tertiary/aromatic N) is 2. The number of aromatic nitrogens is 1. The molecular weight excluding hydrogens is 502 g/mol. The van der Waals surface area contributed by atoms with Crippen LogP contribution in [0.1, 0.15) is 28.4 Å². The Morgan fingerprint density at radius 3 is 2.45 bits per heavy atom. The summed E-state index contributed by atoms with van der Waals surface area (Å²) in [5, 5.41) is 4.94. The van der Waals surface area contributed by atoms with E-state index in [1.54, 1.807) is 25.5 Å². The van der Waals surface area contributed by atoms with Gasteiger partial charge in [-0.3, -0.25) is 4.79 Å². The maximum atomic E-state index is 13.3. The average molecular weight is 532 g/mol. The van der Waals surface area contributed by atoms with Crippen molar-refractivity contribution in [3.8, 4) is 28.5 Å². The zero-order valence-corrected chi connectivity index (χ0v) is 22.3. The maximum Gasteiger partial charge on any atom is 0.272 e. The number of benzene rings is 4. The van der Waals surface area contributed by atoms with E-state index in [4.69, 9.17) is 19.2 Å². The van der Waals surface area contributed by atoms with Gasteiger partial charge >= 0.3 is 0 Å². The lowest BCUT2D eigenvalue weighted by atomic mass is 10.0. The third-order valence-electron chi connectivity index (χ3n) is 6.23. The maximum absolute atomic E-state index is 13.3. The molecule has 1 heterocycles. The molecule has 0 unspecified atom stereocenters. The van der Waals surface area contributed by atoms with Crippen LogP contribution in [0.15, 0.2) is 108 Å². The fourth-order valence-corrected chi connectivity index (χ4v) is 4.31. The zero-order valence-electron chi connectivity index (χ0n) is 22.3. The zero-order chi connectivity index (χ0) is 27.7. The Labute approximate surface area is 233 Å². The second-order valence-corrected chi connectivity index (χ2v) is 8.89. The van der Waals surface area contributed by atoms with Gasteiger partial charge < -0.3 is 14.2 Å². The molecule has 1 aromatic heterocycles. The van der Waals surface area contributed by atoms with Crippen LogP contribution < -0.4 is 19.6 Å². The molecule has 7 nitrogen and oxygen atoms in total. The van der Waals surface area contributed by atoms with Gasteiger partial charge in [-0.25, -0.2) is 10.4 Å². The van der Waals surface area contributed by atoms with Crippen molar-refractivity contribution in [2.45, 2.75) is 13.5 Å². The number of para-hydroxylation sites is 2. The first-order valence-corrected chi connectivity index (χ1v) is 13.0. The number of hydrogen-bond acceptors (Lipinski definition) is 6. The van der Waals surface area contributed by atoms with Crippen molar-refractivity contribution in [3.05, 3.63) is 120 Å². The highest BCUT2D eigenvalue weighted by Crippen LogP contribution is 2.32. The van der Waals surface area contributed by atoms with E-state index in [9.17, 15) is 4.79 Å². The highest BCUT2D eigenvalue weighted by molar-refractivity contribution is 6.07. The summed E-state index contributed by atoms with van der Waals surface area (Å²) in [6.45, 7) is 2.89. The molecule has 40 heavy (non-hydrogen) atoms. The number of hydrogen-bond donors (Lipinski definition) is 1. The largest absolute Gasteiger partial charge is 0.493 e. The van der Waals surface area contributed by atoms with E-state index in [0.29, 0.717) is 47.2 Å². The lowest BCUT2D eigenvalue weighted by Gasteiger charge is -2.12. The number of ether oxygens (including phenoxy) is 3. The lowest BCUT2D eigenvalue weighted by Crippen LogP contribution is -2.18. The number of carbonyl (C=O) groups is 1. The van der Waals surface area contributed by atoms with Crippen LogP contribution in [0.5, 0.6) is 17.2 Å². The van der Waals surface area contributed by atoms with Crippen LogP contribution in [0.25, 0.3) is 22.2 Å². The molecule has 0 bridgehead atoms. The van der Waals surface area contributed by atoms with Crippen molar-refractivity contribution < 1.29 is 19.0 Å². The van der Waals surface area contributed by atoms with Crippen molar-refractivity contribution in [2.24, 2.45) is 5.10 Å². The van der Waals surface area contributed by atoms with Gasteiger partial charge in [-0.2, -0.15) is 5.10 Å². The van der Waals surface area contributed by atoms with Gasteiger partial charge in [0, 0.05) is 10.9 Å². The molecule has 1 amide bonds. The lowest BCUT2D eigenvalue weighted by molar-refractivity contribution is 0.0956. The summed E-state index contributed by atoms with van der Waals surface area (Å²) >= 11 is 0. The molecule has 0 atom stereocenters. The van der Waals surface area contributed by atoms with E-state index in [2.05, 4.69) is 10.5 Å². The Balaban J connectivity index is 1.35. The molecule has 0 saturated heterocycles. The molecule has 1 N–H and O–H groups in total. The van der Waals surface area contributed by atoms with Crippen molar-refractivity contribution in [3.63, 3.8) is 0 Å². The van der Waals surface area contributed by atoms with Crippen LogP contribution in [0, 0.1) is 0 Å². The molecule has 0 spiro atoms. The van der Waals surface area contributed by atoms with E-state index in [-0.39, 0.29) is 5.91 Å². The van der Waals surface area contributed by atoms with Crippen molar-refractivity contribution >= 4 is 23.0 Å². The summed E-state index contributed by atoms with van der Waals surface area (Å²) in [5.74, 6) is 1.56. The molecule has 4 aromatic carbocycles. The van der Waals surface area contributed by atoms with Gasteiger partial charge in [0.2, 0.25) is 0 Å². The minimum absolute atomic E-state index is 0.347. The number of amides is 1. The van der Waals surface area contributed by atoms with Gasteiger partial charge in [0.05, 0.1) is 36.7 Å². The van der Waals surface area contributed by atoms with E-state index < -0.39 is 0 Å². The fraction of sp³-hybridized carbons (Fsp3) is 0.121. The van der Waals surface area contributed by atoms with Crippen LogP contribution in [0.3, 0.4) is 0 Å². The molecule has 5 aromatic rings. The van der Waals surface area contributed by atoms with Crippen LogP contribution >= 0.6 is 0 Å². The highest BCUT2D eigenvalue weighted by Gasteiger charge is 2.16. The first kappa shape index (κ1) is 26.4. The summed E-state index contributed by atoms with van der Waals surface area (Å²) in [6, 6.07) is 32.4. The molecule has 5 rings (SSSR count). The molecule has 0 aliphatic carbocycles. The summed E-state index contributed by atoms with van der Waals surface area (Å²) in [5.41, 5.74) is 7.09. The van der Waals surface area contributed by atoms with Crippen molar-refractivity contribution in [1.82, 2.24) is 10.4 Å². The SMILES string of the molecule is CCOc1ccccc1-c1cc(C(=O)NN=Cc2ccc(OCc3ccccc3)c(OC)c2)c2ccccc2n1. The molecular formula is C33H29N3O4. The summed E-state index contributed by atoms with van der Waals surface area (Å²) in [7, 11) is 1.59. The molecule has 0 aliphatic rings. The Morgan fingerprint density at radius 1 is 0.850 bits per heavy atom. The van der Waals surface area contributed by atoms with Gasteiger partial charge in [-0.05, 0) is 60.5 Å². The smallest absolute Gasteiger partial charge is 0.272 e. The molecule has 200 valence electrons. The predicted octanol–water partition coefficient (Wildman–Crippen LogP) is 6.65. The molecule has 7 heteroatoms. The van der Waals surface area contributed by atoms with E-state index >= 15 is 0 Å². The van der Waals surface area contributed by atoms with Crippen LogP contribution in [-0.2, 0) is 6.61 Å². The summed E-state index contributed by atoms with van der Waals surface area (Å²) in [4.78, 5) is 18.1. The standard InChI is InChI=1S/C33H29N3O4/c1-3-39-30-16-10-8-14-26(30)29-20-27(25-13-7-9-15-28(25)35-29)33(37)36-34-21-24-17-18-31(32(19-24)38-2)40-22-23-11-5-4-6-12-23/h4-21H,3,22H2,1-2H3,(H,36,37). The number of rotatable bonds is 10. The summed E-state index contributed by atoms with van der Waals surface area (Å²) in [6.07, 6.45) is 1.57. The van der Waals surface area contributed by atoms with Crippen LogP contribution in [0.4, 0.5) is 0 Å². The van der Waals surface area contributed by atoms with Gasteiger partial charge in [0.15, 0.2) is 11.5 Å². The topological polar surface area (TPSA) is 82.0 Å². The number of fused-ring (bicyclic) bond motifs is 1. The van der Waals surface area contributed by atoms with Crippen LogP contribution in [-0.4, -0.2) is 30.8 Å². The Morgan fingerprint density at radius 2 is 1.62 bits per heavy atom. The predicted molar refractivity (Wildman–Crippen MR) is 157 cm³/mol. The Kier molecular flexibility index (Phi) is 8.32. The number of methoxy groups -OCH3 is 1. The van der Waals surface area contributed by atoms with E-state index in [1.165, 1.54) is 0 Å². The normalized spacial score (nSPS) is 10.9. The van der Waals surface area contributed by atoms with Crippen LogP contribution in [0.2, 0.25) is 0 Å². The fourth-order valence-electron chi connectivity index (χ4n) is 4.31. The Bertz CT molecular complexity index is 1650. The van der Waals surface area contributed by atoms with Gasteiger partial charge in [0.1, 0.15) is 12.4 Å². The van der Waals surface area contributed by atoms with E-state index in [0.717, 1.165) is 22.1 Å². The average Bonchev–Trinajstić information content (AvgIpc) is 3.00. The highest BCUT2D eigenvalue weighted by atomic mass is 16.5. The van der Waals surface area contributed by atoms with Crippen molar-refractivity contribution in [2.75, 3.05) is 13.7 Å². The molecule has 0 fully saturated rings. The monoisotopic (exact) mass is 531 g/mol. The minimum atomic E-state index is -0.347. The molecule has 0 radical (unpaired) electrons. The quantitative estimate of drug-likeness (QED) is 0.161. The summed E-state index contributed by atoms with van der Waals surface area (Å²) < 4.78 is 17.2. The van der Waals surface area contributed by atoms with Gasteiger partial charge in [-0.1, -0.05) is 60.7 Å². The third-order valence-corrected chi connectivity index (χ3v) is 6.23.